The Morgan fingerprint density at radius 1 is 1.62 bits per heavy atom. The van der Waals surface area contributed by atoms with E-state index in [-0.39, 0.29) is 0 Å². The summed E-state index contributed by atoms with van der Waals surface area (Å²) >= 11 is 3.45. The summed E-state index contributed by atoms with van der Waals surface area (Å²) in [7, 11) is 0. The summed E-state index contributed by atoms with van der Waals surface area (Å²) in [6.45, 7) is 6.04. The van der Waals surface area contributed by atoms with Crippen LogP contribution >= 0.6 is 15.9 Å². The highest BCUT2D eigenvalue weighted by atomic mass is 79.9. The zero-order valence-electron chi connectivity index (χ0n) is 9.66. The molecular formula is C12H17BrN2O. The van der Waals surface area contributed by atoms with Crippen LogP contribution in [0.15, 0.2) is 16.7 Å². The van der Waals surface area contributed by atoms with E-state index in [0.29, 0.717) is 12.0 Å². The number of halogens is 1. The number of aryl methyl sites for hydroxylation is 1. The first-order valence-corrected chi connectivity index (χ1v) is 6.43. The zero-order chi connectivity index (χ0) is 11.5. The summed E-state index contributed by atoms with van der Waals surface area (Å²) in [5.74, 6) is 1.55. The van der Waals surface area contributed by atoms with Gasteiger partial charge in [-0.05, 0) is 47.8 Å². The maximum Gasteiger partial charge on any atom is 0.126 e. The van der Waals surface area contributed by atoms with Gasteiger partial charge >= 0.3 is 0 Å². The number of hydrogen-bond acceptors (Lipinski definition) is 3. The minimum absolute atomic E-state index is 0.365. The molecule has 1 aliphatic rings. The zero-order valence-corrected chi connectivity index (χ0v) is 11.3. The average molecular weight is 285 g/mol. The molecule has 1 N–H and O–H groups in total. The Morgan fingerprint density at radius 2 is 2.44 bits per heavy atom. The van der Waals surface area contributed by atoms with Gasteiger partial charge in [0.1, 0.15) is 5.82 Å². The van der Waals surface area contributed by atoms with E-state index in [0.717, 1.165) is 29.9 Å². The van der Waals surface area contributed by atoms with Gasteiger partial charge < -0.3 is 10.1 Å². The molecule has 1 saturated heterocycles. The van der Waals surface area contributed by atoms with Crippen molar-refractivity contribution >= 4 is 21.7 Å². The topological polar surface area (TPSA) is 34.1 Å². The molecule has 1 aliphatic heterocycles. The lowest BCUT2D eigenvalue weighted by atomic mass is 10.0. The standard InChI is InChI=1S/C12H17BrN2O/c1-8-5-12(15-7-11(8)13)14-6-10-3-4-16-9(10)2/h5,7,9-10H,3-4,6H2,1-2H3,(H,14,15). The molecule has 1 aromatic rings. The molecule has 0 radical (unpaired) electrons. The third kappa shape index (κ3) is 2.74. The Hall–Kier alpha value is -0.610. The van der Waals surface area contributed by atoms with E-state index in [1.807, 2.05) is 6.20 Å². The Bertz CT molecular complexity index is 370. The van der Waals surface area contributed by atoms with Crippen molar-refractivity contribution in [1.82, 2.24) is 4.98 Å². The number of pyridine rings is 1. The number of ether oxygens (including phenoxy) is 1. The van der Waals surface area contributed by atoms with Gasteiger partial charge in [0.05, 0.1) is 6.10 Å². The predicted molar refractivity (Wildman–Crippen MR) is 68.7 cm³/mol. The van der Waals surface area contributed by atoms with Crippen LogP contribution in [0.5, 0.6) is 0 Å². The fraction of sp³-hybridized carbons (Fsp3) is 0.583. The summed E-state index contributed by atoms with van der Waals surface area (Å²) in [5, 5.41) is 3.37. The highest BCUT2D eigenvalue weighted by Crippen LogP contribution is 2.22. The Balaban J connectivity index is 1.91. The first-order valence-electron chi connectivity index (χ1n) is 5.64. The van der Waals surface area contributed by atoms with Crippen LogP contribution in [-0.2, 0) is 4.74 Å². The van der Waals surface area contributed by atoms with Gasteiger partial charge in [0, 0.05) is 29.7 Å². The van der Waals surface area contributed by atoms with E-state index in [4.69, 9.17) is 4.74 Å². The quantitative estimate of drug-likeness (QED) is 0.927. The van der Waals surface area contributed by atoms with Crippen LogP contribution in [-0.4, -0.2) is 24.2 Å². The molecule has 2 rings (SSSR count). The molecule has 1 aromatic heterocycles. The Kier molecular flexibility index (Phi) is 3.82. The monoisotopic (exact) mass is 284 g/mol. The summed E-state index contributed by atoms with van der Waals surface area (Å²) in [6.07, 6.45) is 3.35. The third-order valence-electron chi connectivity index (χ3n) is 3.13. The normalized spacial score (nSPS) is 24.7. The summed E-state index contributed by atoms with van der Waals surface area (Å²) in [6, 6.07) is 2.06. The summed E-state index contributed by atoms with van der Waals surface area (Å²) in [4.78, 5) is 4.33. The second-order valence-corrected chi connectivity index (χ2v) is 5.18. The van der Waals surface area contributed by atoms with Gasteiger partial charge in [0.2, 0.25) is 0 Å². The van der Waals surface area contributed by atoms with Crippen molar-refractivity contribution in [2.24, 2.45) is 5.92 Å². The average Bonchev–Trinajstić information content (AvgIpc) is 2.66. The molecule has 0 spiro atoms. The first-order chi connectivity index (χ1) is 7.66. The van der Waals surface area contributed by atoms with E-state index in [1.54, 1.807) is 0 Å². The molecule has 0 aliphatic carbocycles. The van der Waals surface area contributed by atoms with Crippen LogP contribution in [0.3, 0.4) is 0 Å². The van der Waals surface area contributed by atoms with Crippen molar-refractivity contribution in [2.75, 3.05) is 18.5 Å². The molecule has 0 amide bonds. The minimum Gasteiger partial charge on any atom is -0.378 e. The molecule has 0 aromatic carbocycles. The molecule has 3 nitrogen and oxygen atoms in total. The highest BCUT2D eigenvalue weighted by Gasteiger charge is 2.23. The van der Waals surface area contributed by atoms with Crippen LogP contribution in [0.4, 0.5) is 5.82 Å². The van der Waals surface area contributed by atoms with Gasteiger partial charge in [0.15, 0.2) is 0 Å². The second-order valence-electron chi connectivity index (χ2n) is 4.32. The SMILES string of the molecule is Cc1cc(NCC2CCOC2C)ncc1Br. The molecule has 4 heteroatoms. The van der Waals surface area contributed by atoms with Gasteiger partial charge in [-0.1, -0.05) is 0 Å². The van der Waals surface area contributed by atoms with Crippen molar-refractivity contribution in [3.63, 3.8) is 0 Å². The molecule has 2 heterocycles. The molecule has 2 unspecified atom stereocenters. The number of nitrogens with one attached hydrogen (secondary N) is 1. The van der Waals surface area contributed by atoms with Crippen molar-refractivity contribution in [3.8, 4) is 0 Å². The molecular weight excluding hydrogens is 268 g/mol. The van der Waals surface area contributed by atoms with E-state index in [9.17, 15) is 0 Å². The third-order valence-corrected chi connectivity index (χ3v) is 3.96. The van der Waals surface area contributed by atoms with Crippen LogP contribution in [0.2, 0.25) is 0 Å². The van der Waals surface area contributed by atoms with Crippen molar-refractivity contribution in [2.45, 2.75) is 26.4 Å². The van der Waals surface area contributed by atoms with Crippen LogP contribution in [0, 0.1) is 12.8 Å². The maximum atomic E-state index is 5.53. The Morgan fingerprint density at radius 3 is 3.06 bits per heavy atom. The molecule has 88 valence electrons. The number of anilines is 1. The fourth-order valence-electron chi connectivity index (χ4n) is 1.92. The van der Waals surface area contributed by atoms with Gasteiger partial charge in [-0.2, -0.15) is 0 Å². The molecule has 1 fully saturated rings. The van der Waals surface area contributed by atoms with Gasteiger partial charge in [-0.15, -0.1) is 0 Å². The van der Waals surface area contributed by atoms with E-state index in [2.05, 4.69) is 46.1 Å². The van der Waals surface area contributed by atoms with Crippen LogP contribution < -0.4 is 5.32 Å². The van der Waals surface area contributed by atoms with E-state index in [1.165, 1.54) is 5.56 Å². The maximum absolute atomic E-state index is 5.53. The fourth-order valence-corrected chi connectivity index (χ4v) is 2.13. The minimum atomic E-state index is 0.365. The van der Waals surface area contributed by atoms with Crippen LogP contribution in [0.1, 0.15) is 18.9 Å². The molecule has 2 atom stereocenters. The van der Waals surface area contributed by atoms with Gasteiger partial charge in [-0.25, -0.2) is 4.98 Å². The van der Waals surface area contributed by atoms with Crippen molar-refractivity contribution in [1.29, 1.82) is 0 Å². The lowest BCUT2D eigenvalue weighted by Crippen LogP contribution is -2.21. The second kappa shape index (κ2) is 5.15. The molecule has 0 saturated carbocycles. The number of aromatic nitrogens is 1. The first kappa shape index (κ1) is 11.9. The predicted octanol–water partition coefficient (Wildman–Crippen LogP) is 2.99. The van der Waals surface area contributed by atoms with Crippen molar-refractivity contribution in [3.05, 3.63) is 22.3 Å². The lowest BCUT2D eigenvalue weighted by molar-refractivity contribution is 0.108. The number of hydrogen-bond donors (Lipinski definition) is 1. The van der Waals surface area contributed by atoms with Crippen molar-refractivity contribution < 1.29 is 4.74 Å². The van der Waals surface area contributed by atoms with Crippen LogP contribution in [0.25, 0.3) is 0 Å². The van der Waals surface area contributed by atoms with E-state index < -0.39 is 0 Å². The smallest absolute Gasteiger partial charge is 0.126 e. The number of nitrogens with zero attached hydrogens (tertiary/aromatic N) is 1. The largest absolute Gasteiger partial charge is 0.378 e. The molecule has 16 heavy (non-hydrogen) atoms. The van der Waals surface area contributed by atoms with E-state index >= 15 is 0 Å². The van der Waals surface area contributed by atoms with Gasteiger partial charge in [-0.3, -0.25) is 0 Å². The highest BCUT2D eigenvalue weighted by molar-refractivity contribution is 9.10. The lowest BCUT2D eigenvalue weighted by Gasteiger charge is -2.15. The number of rotatable bonds is 3. The summed E-state index contributed by atoms with van der Waals surface area (Å²) in [5.41, 5.74) is 1.20. The van der Waals surface area contributed by atoms with Gasteiger partial charge in [0.25, 0.3) is 0 Å². The Labute approximate surface area is 105 Å². The molecule has 0 bridgehead atoms. The summed E-state index contributed by atoms with van der Waals surface area (Å²) < 4.78 is 6.58.